The maximum Gasteiger partial charge on any atom is 0.0654 e. The van der Waals surface area contributed by atoms with E-state index < -0.39 is 0 Å². The summed E-state index contributed by atoms with van der Waals surface area (Å²) in [6, 6.07) is 14.6. The molecule has 150 valence electrons. The predicted molar refractivity (Wildman–Crippen MR) is 118 cm³/mol. The van der Waals surface area contributed by atoms with Gasteiger partial charge in [0, 0.05) is 35.7 Å². The summed E-state index contributed by atoms with van der Waals surface area (Å²) in [4.78, 5) is 4.95. The van der Waals surface area contributed by atoms with Gasteiger partial charge in [0.2, 0.25) is 0 Å². The number of aliphatic hydroxyl groups excluding tert-OH is 1. The Balaban J connectivity index is 1.62. The molecule has 2 aromatic rings. The topological polar surface area (TPSA) is 26.7 Å². The van der Waals surface area contributed by atoms with E-state index in [2.05, 4.69) is 21.9 Å². The van der Waals surface area contributed by atoms with Crippen molar-refractivity contribution in [3.8, 4) is 0 Å². The van der Waals surface area contributed by atoms with Crippen molar-refractivity contribution in [3.63, 3.8) is 0 Å². The van der Waals surface area contributed by atoms with E-state index in [0.717, 1.165) is 56.0 Å². The Bertz CT molecular complexity index is 806. The molecule has 0 radical (unpaired) electrons. The molecule has 2 heterocycles. The van der Waals surface area contributed by atoms with Crippen LogP contribution in [-0.4, -0.2) is 41.8 Å². The molecule has 2 atom stereocenters. The number of nitrogens with zero attached hydrogens (tertiary/aromatic N) is 2. The second kappa shape index (κ2) is 8.81. The van der Waals surface area contributed by atoms with Gasteiger partial charge in [-0.2, -0.15) is 0 Å². The van der Waals surface area contributed by atoms with Gasteiger partial charge in [0.25, 0.3) is 0 Å². The molecule has 2 aliphatic rings. The van der Waals surface area contributed by atoms with Crippen LogP contribution in [0.2, 0.25) is 15.1 Å². The quantitative estimate of drug-likeness (QED) is 0.653. The van der Waals surface area contributed by atoms with Crippen molar-refractivity contribution >= 4 is 40.5 Å². The third-order valence-electron chi connectivity index (χ3n) is 6.06. The van der Waals surface area contributed by atoms with Gasteiger partial charge in [0.05, 0.1) is 22.9 Å². The van der Waals surface area contributed by atoms with Gasteiger partial charge in [-0.3, -0.25) is 0 Å². The van der Waals surface area contributed by atoms with Crippen molar-refractivity contribution in [2.24, 2.45) is 0 Å². The zero-order chi connectivity index (χ0) is 19.7. The van der Waals surface area contributed by atoms with E-state index in [4.69, 9.17) is 34.8 Å². The SMILES string of the molecule is OC1CCN(C2CCN(c3ccc(Cl)cc3Cl)C(c3ccc(Cl)cc3)C2)CC1. The molecule has 0 amide bonds. The average Bonchev–Trinajstić information content (AvgIpc) is 2.69. The van der Waals surface area contributed by atoms with Gasteiger partial charge in [0.15, 0.2) is 0 Å². The summed E-state index contributed by atoms with van der Waals surface area (Å²) < 4.78 is 0. The molecule has 2 saturated heterocycles. The van der Waals surface area contributed by atoms with Gasteiger partial charge in [0.1, 0.15) is 0 Å². The molecule has 28 heavy (non-hydrogen) atoms. The van der Waals surface area contributed by atoms with Crippen LogP contribution >= 0.6 is 34.8 Å². The van der Waals surface area contributed by atoms with Crippen LogP contribution < -0.4 is 4.90 Å². The molecule has 2 fully saturated rings. The molecule has 4 rings (SSSR count). The molecule has 0 bridgehead atoms. The van der Waals surface area contributed by atoms with Crippen LogP contribution in [0.4, 0.5) is 5.69 Å². The van der Waals surface area contributed by atoms with Gasteiger partial charge in [-0.05, 0) is 61.6 Å². The number of rotatable bonds is 3. The number of benzene rings is 2. The average molecular weight is 440 g/mol. The minimum absolute atomic E-state index is 0.142. The fourth-order valence-electron chi connectivity index (χ4n) is 4.53. The monoisotopic (exact) mass is 438 g/mol. The van der Waals surface area contributed by atoms with Crippen LogP contribution in [0.5, 0.6) is 0 Å². The fraction of sp³-hybridized carbons (Fsp3) is 0.455. The van der Waals surface area contributed by atoms with E-state index in [1.165, 1.54) is 5.56 Å². The molecular weight excluding hydrogens is 415 g/mol. The summed E-state index contributed by atoms with van der Waals surface area (Å²) in [5.41, 5.74) is 2.27. The Morgan fingerprint density at radius 1 is 0.821 bits per heavy atom. The molecule has 2 aliphatic heterocycles. The highest BCUT2D eigenvalue weighted by Crippen LogP contribution is 2.41. The van der Waals surface area contributed by atoms with Crippen LogP contribution in [0.15, 0.2) is 42.5 Å². The van der Waals surface area contributed by atoms with Gasteiger partial charge < -0.3 is 14.9 Å². The first kappa shape index (κ1) is 20.3. The highest BCUT2D eigenvalue weighted by molar-refractivity contribution is 6.36. The third-order valence-corrected chi connectivity index (χ3v) is 6.85. The van der Waals surface area contributed by atoms with Gasteiger partial charge in [-0.15, -0.1) is 0 Å². The second-order valence-electron chi connectivity index (χ2n) is 7.80. The maximum atomic E-state index is 9.85. The Kier molecular flexibility index (Phi) is 6.39. The second-order valence-corrected chi connectivity index (χ2v) is 9.08. The van der Waals surface area contributed by atoms with Crippen molar-refractivity contribution in [2.75, 3.05) is 24.5 Å². The van der Waals surface area contributed by atoms with E-state index >= 15 is 0 Å². The van der Waals surface area contributed by atoms with Gasteiger partial charge >= 0.3 is 0 Å². The lowest BCUT2D eigenvalue weighted by Crippen LogP contribution is -2.49. The van der Waals surface area contributed by atoms with Crippen molar-refractivity contribution < 1.29 is 5.11 Å². The molecule has 0 saturated carbocycles. The summed E-state index contributed by atoms with van der Waals surface area (Å²) in [6.45, 7) is 2.88. The molecule has 1 N–H and O–H groups in total. The van der Waals surface area contributed by atoms with Crippen LogP contribution in [0.1, 0.15) is 37.3 Å². The lowest BCUT2D eigenvalue weighted by molar-refractivity contribution is 0.0502. The van der Waals surface area contributed by atoms with Gasteiger partial charge in [-0.25, -0.2) is 0 Å². The number of hydrogen-bond acceptors (Lipinski definition) is 3. The number of piperidine rings is 2. The number of halogens is 3. The number of anilines is 1. The van der Waals surface area contributed by atoms with Crippen molar-refractivity contribution in [3.05, 3.63) is 63.1 Å². The predicted octanol–water partition coefficient (Wildman–Crippen LogP) is 5.81. The molecule has 0 aliphatic carbocycles. The fourth-order valence-corrected chi connectivity index (χ4v) is 5.18. The maximum absolute atomic E-state index is 9.85. The van der Waals surface area contributed by atoms with Crippen LogP contribution in [0.25, 0.3) is 0 Å². The van der Waals surface area contributed by atoms with E-state index in [1.807, 2.05) is 30.3 Å². The molecule has 3 nitrogen and oxygen atoms in total. The summed E-state index contributed by atoms with van der Waals surface area (Å²) in [7, 11) is 0. The Hall–Kier alpha value is -0.970. The lowest BCUT2D eigenvalue weighted by Gasteiger charge is -2.46. The van der Waals surface area contributed by atoms with Crippen molar-refractivity contribution in [1.82, 2.24) is 4.90 Å². The molecule has 2 unspecified atom stereocenters. The first-order chi connectivity index (χ1) is 13.5. The lowest BCUT2D eigenvalue weighted by atomic mass is 9.89. The zero-order valence-corrected chi connectivity index (χ0v) is 18.0. The smallest absolute Gasteiger partial charge is 0.0654 e. The zero-order valence-electron chi connectivity index (χ0n) is 15.7. The van der Waals surface area contributed by atoms with Crippen molar-refractivity contribution in [1.29, 1.82) is 0 Å². The highest BCUT2D eigenvalue weighted by Gasteiger charge is 2.34. The summed E-state index contributed by atoms with van der Waals surface area (Å²) >= 11 is 18.8. The minimum atomic E-state index is -0.142. The van der Waals surface area contributed by atoms with Crippen LogP contribution in [-0.2, 0) is 0 Å². The Morgan fingerprint density at radius 2 is 1.50 bits per heavy atom. The van der Waals surface area contributed by atoms with Crippen molar-refractivity contribution in [2.45, 2.75) is 43.9 Å². The Labute approximate surface area is 181 Å². The van der Waals surface area contributed by atoms with E-state index in [1.54, 1.807) is 0 Å². The molecule has 6 heteroatoms. The Morgan fingerprint density at radius 3 is 2.18 bits per heavy atom. The number of aliphatic hydroxyl groups is 1. The standard InChI is InChI=1S/C22H25Cl3N2O/c23-16-3-1-15(2-4-16)22-14-18(26-10-8-19(28)9-11-26)7-12-27(22)21-6-5-17(24)13-20(21)25/h1-6,13,18-19,22,28H,7-12,14H2. The first-order valence-electron chi connectivity index (χ1n) is 9.90. The highest BCUT2D eigenvalue weighted by atomic mass is 35.5. The van der Waals surface area contributed by atoms with E-state index in [-0.39, 0.29) is 12.1 Å². The van der Waals surface area contributed by atoms with Crippen LogP contribution in [0.3, 0.4) is 0 Å². The third kappa shape index (κ3) is 4.44. The number of hydrogen-bond donors (Lipinski definition) is 1. The van der Waals surface area contributed by atoms with Crippen LogP contribution in [0, 0.1) is 0 Å². The molecular formula is C22H25Cl3N2O. The largest absolute Gasteiger partial charge is 0.393 e. The van der Waals surface area contributed by atoms with Gasteiger partial charge in [-0.1, -0.05) is 46.9 Å². The summed E-state index contributed by atoms with van der Waals surface area (Å²) in [5, 5.41) is 11.9. The minimum Gasteiger partial charge on any atom is -0.393 e. The molecule has 0 aromatic heterocycles. The summed E-state index contributed by atoms with van der Waals surface area (Å²) in [6.07, 6.45) is 3.70. The molecule has 2 aromatic carbocycles. The van der Waals surface area contributed by atoms with E-state index in [0.29, 0.717) is 16.1 Å². The molecule has 0 spiro atoms. The number of likely N-dealkylation sites (tertiary alicyclic amines) is 1. The first-order valence-corrected chi connectivity index (χ1v) is 11.0. The summed E-state index contributed by atoms with van der Waals surface area (Å²) in [5.74, 6) is 0. The normalized spacial score (nSPS) is 24.5. The van der Waals surface area contributed by atoms with E-state index in [9.17, 15) is 5.11 Å².